The molecule has 1 saturated heterocycles. The number of carbonyl (C=O) groups excluding carboxylic acids is 1. The average molecular weight is 234 g/mol. The van der Waals surface area contributed by atoms with Crippen molar-refractivity contribution in [3.05, 3.63) is 17.0 Å². The number of aromatic amines is 1. The van der Waals surface area contributed by atoms with Crippen molar-refractivity contribution in [2.45, 2.75) is 38.1 Å². The standard InChI is InChI=1S/C12H18N4O/c13-8-5-6-16(7-8)12(17)11-9-3-1-2-4-10(9)14-15-11/h8H,1-7,13H2,(H,14,15). The molecule has 1 atom stereocenters. The van der Waals surface area contributed by atoms with Crippen LogP contribution in [0, 0.1) is 0 Å². The summed E-state index contributed by atoms with van der Waals surface area (Å²) < 4.78 is 0. The average Bonchev–Trinajstić information content (AvgIpc) is 2.94. The Bertz CT molecular complexity index is 440. The summed E-state index contributed by atoms with van der Waals surface area (Å²) in [5, 5.41) is 7.22. The number of H-pyrrole nitrogens is 1. The molecule has 1 aromatic heterocycles. The number of carbonyl (C=O) groups is 1. The molecule has 17 heavy (non-hydrogen) atoms. The largest absolute Gasteiger partial charge is 0.336 e. The topological polar surface area (TPSA) is 75.0 Å². The zero-order chi connectivity index (χ0) is 11.8. The van der Waals surface area contributed by atoms with Crippen LogP contribution in [-0.4, -0.2) is 40.1 Å². The Balaban J connectivity index is 1.84. The van der Waals surface area contributed by atoms with Crippen LogP contribution in [0.1, 0.15) is 41.0 Å². The Kier molecular flexibility index (Phi) is 2.63. The zero-order valence-electron chi connectivity index (χ0n) is 9.91. The molecule has 0 radical (unpaired) electrons. The fourth-order valence-electron chi connectivity index (χ4n) is 2.78. The van der Waals surface area contributed by atoms with Gasteiger partial charge in [-0.3, -0.25) is 9.89 Å². The number of fused-ring (bicyclic) bond motifs is 1. The third-order valence-corrected chi connectivity index (χ3v) is 3.77. The van der Waals surface area contributed by atoms with Gasteiger partial charge in [0.25, 0.3) is 5.91 Å². The second-order valence-electron chi connectivity index (χ2n) is 5.04. The molecule has 0 aromatic carbocycles. The lowest BCUT2D eigenvalue weighted by atomic mass is 9.95. The molecule has 1 aliphatic carbocycles. The van der Waals surface area contributed by atoms with E-state index in [9.17, 15) is 4.79 Å². The Morgan fingerprint density at radius 1 is 1.41 bits per heavy atom. The van der Waals surface area contributed by atoms with Gasteiger partial charge in [-0.2, -0.15) is 5.10 Å². The number of hydrogen-bond donors (Lipinski definition) is 2. The molecule has 1 unspecified atom stereocenters. The molecule has 1 amide bonds. The van der Waals surface area contributed by atoms with Crippen molar-refractivity contribution >= 4 is 5.91 Å². The summed E-state index contributed by atoms with van der Waals surface area (Å²) in [5.41, 5.74) is 8.76. The van der Waals surface area contributed by atoms with E-state index in [0.717, 1.165) is 43.5 Å². The van der Waals surface area contributed by atoms with E-state index < -0.39 is 0 Å². The molecule has 0 bridgehead atoms. The lowest BCUT2D eigenvalue weighted by Gasteiger charge is -2.16. The summed E-state index contributed by atoms with van der Waals surface area (Å²) in [4.78, 5) is 14.1. The number of nitrogens with zero attached hydrogens (tertiary/aromatic N) is 2. The van der Waals surface area contributed by atoms with E-state index in [4.69, 9.17) is 5.73 Å². The molecule has 1 fully saturated rings. The van der Waals surface area contributed by atoms with Gasteiger partial charge < -0.3 is 10.6 Å². The van der Waals surface area contributed by atoms with Crippen LogP contribution >= 0.6 is 0 Å². The quantitative estimate of drug-likeness (QED) is 0.741. The van der Waals surface area contributed by atoms with Gasteiger partial charge in [0.2, 0.25) is 0 Å². The summed E-state index contributed by atoms with van der Waals surface area (Å²) in [6, 6.07) is 0.133. The SMILES string of the molecule is NC1CCN(C(=O)c2n[nH]c3c2CCCC3)C1. The predicted molar refractivity (Wildman–Crippen MR) is 63.7 cm³/mol. The molecule has 5 nitrogen and oxygen atoms in total. The zero-order valence-corrected chi connectivity index (χ0v) is 9.91. The maximum atomic E-state index is 12.3. The number of likely N-dealkylation sites (tertiary alicyclic amines) is 1. The van der Waals surface area contributed by atoms with Crippen LogP contribution in [-0.2, 0) is 12.8 Å². The number of amides is 1. The number of aryl methyl sites for hydroxylation is 1. The Hall–Kier alpha value is -1.36. The predicted octanol–water partition coefficient (Wildman–Crippen LogP) is 0.462. The monoisotopic (exact) mass is 234 g/mol. The normalized spacial score (nSPS) is 23.8. The summed E-state index contributed by atoms with van der Waals surface area (Å²) in [7, 11) is 0. The van der Waals surface area contributed by atoms with Crippen LogP contribution in [0.3, 0.4) is 0 Å². The van der Waals surface area contributed by atoms with Gasteiger partial charge in [-0.25, -0.2) is 0 Å². The van der Waals surface area contributed by atoms with E-state index in [1.807, 2.05) is 4.90 Å². The first-order valence-electron chi connectivity index (χ1n) is 6.36. The second kappa shape index (κ2) is 4.14. The minimum atomic E-state index is 0.0531. The second-order valence-corrected chi connectivity index (χ2v) is 5.04. The van der Waals surface area contributed by atoms with Crippen molar-refractivity contribution in [1.29, 1.82) is 0 Å². The molecule has 2 aliphatic rings. The van der Waals surface area contributed by atoms with Crippen LogP contribution in [0.2, 0.25) is 0 Å². The van der Waals surface area contributed by atoms with Crippen LogP contribution in [0.15, 0.2) is 0 Å². The lowest BCUT2D eigenvalue weighted by Crippen LogP contribution is -2.32. The summed E-state index contributed by atoms with van der Waals surface area (Å²) >= 11 is 0. The van der Waals surface area contributed by atoms with E-state index in [1.54, 1.807) is 0 Å². The minimum absolute atomic E-state index is 0.0531. The van der Waals surface area contributed by atoms with Crippen molar-refractivity contribution in [3.8, 4) is 0 Å². The van der Waals surface area contributed by atoms with Crippen molar-refractivity contribution in [2.75, 3.05) is 13.1 Å². The number of rotatable bonds is 1. The van der Waals surface area contributed by atoms with Gasteiger partial charge in [-0.15, -0.1) is 0 Å². The first kappa shape index (κ1) is 10.8. The molecular weight excluding hydrogens is 216 g/mol. The van der Waals surface area contributed by atoms with Gasteiger partial charge in [-0.05, 0) is 32.1 Å². The molecule has 2 heterocycles. The number of nitrogens with one attached hydrogen (secondary N) is 1. The fraction of sp³-hybridized carbons (Fsp3) is 0.667. The molecule has 3 rings (SSSR count). The molecule has 3 N–H and O–H groups in total. The first-order valence-corrected chi connectivity index (χ1v) is 6.36. The maximum absolute atomic E-state index is 12.3. The van der Waals surface area contributed by atoms with E-state index in [2.05, 4.69) is 10.2 Å². The molecule has 92 valence electrons. The van der Waals surface area contributed by atoms with Gasteiger partial charge in [0.05, 0.1) is 0 Å². The van der Waals surface area contributed by atoms with E-state index in [0.29, 0.717) is 12.2 Å². The third-order valence-electron chi connectivity index (χ3n) is 3.77. The van der Waals surface area contributed by atoms with Gasteiger partial charge in [-0.1, -0.05) is 0 Å². The molecule has 5 heteroatoms. The highest BCUT2D eigenvalue weighted by atomic mass is 16.2. The number of hydrogen-bond acceptors (Lipinski definition) is 3. The van der Waals surface area contributed by atoms with Crippen molar-refractivity contribution in [2.24, 2.45) is 5.73 Å². The highest BCUT2D eigenvalue weighted by molar-refractivity contribution is 5.94. The van der Waals surface area contributed by atoms with Crippen LogP contribution < -0.4 is 5.73 Å². The number of aromatic nitrogens is 2. The van der Waals surface area contributed by atoms with Gasteiger partial charge in [0.15, 0.2) is 5.69 Å². The van der Waals surface area contributed by atoms with Gasteiger partial charge in [0, 0.05) is 30.4 Å². The smallest absolute Gasteiger partial charge is 0.274 e. The third kappa shape index (κ3) is 1.84. The molecular formula is C12H18N4O. The van der Waals surface area contributed by atoms with Crippen LogP contribution in [0.5, 0.6) is 0 Å². The molecule has 0 saturated carbocycles. The Morgan fingerprint density at radius 3 is 3.00 bits per heavy atom. The summed E-state index contributed by atoms with van der Waals surface area (Å²) in [5.74, 6) is 0.0531. The lowest BCUT2D eigenvalue weighted by molar-refractivity contribution is 0.0784. The first-order chi connectivity index (χ1) is 8.25. The maximum Gasteiger partial charge on any atom is 0.274 e. The molecule has 1 aliphatic heterocycles. The van der Waals surface area contributed by atoms with E-state index in [-0.39, 0.29) is 11.9 Å². The Labute approximate surface area is 100 Å². The van der Waals surface area contributed by atoms with Crippen molar-refractivity contribution in [3.63, 3.8) is 0 Å². The number of nitrogens with two attached hydrogens (primary N) is 1. The van der Waals surface area contributed by atoms with Gasteiger partial charge >= 0.3 is 0 Å². The highest BCUT2D eigenvalue weighted by Gasteiger charge is 2.29. The van der Waals surface area contributed by atoms with E-state index in [1.165, 1.54) is 6.42 Å². The fourth-order valence-corrected chi connectivity index (χ4v) is 2.78. The summed E-state index contributed by atoms with van der Waals surface area (Å²) in [6.07, 6.45) is 5.25. The van der Waals surface area contributed by atoms with Crippen LogP contribution in [0.4, 0.5) is 0 Å². The van der Waals surface area contributed by atoms with Crippen molar-refractivity contribution in [1.82, 2.24) is 15.1 Å². The highest BCUT2D eigenvalue weighted by Crippen LogP contribution is 2.23. The van der Waals surface area contributed by atoms with Crippen molar-refractivity contribution < 1.29 is 4.79 Å². The van der Waals surface area contributed by atoms with Crippen LogP contribution in [0.25, 0.3) is 0 Å². The molecule has 0 spiro atoms. The van der Waals surface area contributed by atoms with E-state index >= 15 is 0 Å². The van der Waals surface area contributed by atoms with Gasteiger partial charge in [0.1, 0.15) is 0 Å². The minimum Gasteiger partial charge on any atom is -0.336 e. The Morgan fingerprint density at radius 2 is 2.24 bits per heavy atom. The molecule has 1 aromatic rings. The summed E-state index contributed by atoms with van der Waals surface area (Å²) in [6.45, 7) is 1.43.